The summed E-state index contributed by atoms with van der Waals surface area (Å²) < 4.78 is 5.24. The Morgan fingerprint density at radius 1 is 1.06 bits per heavy atom. The van der Waals surface area contributed by atoms with Gasteiger partial charge in [0.2, 0.25) is 5.91 Å². The van der Waals surface area contributed by atoms with Crippen LogP contribution in [-0.2, 0) is 14.3 Å². The van der Waals surface area contributed by atoms with Crippen LogP contribution in [0.25, 0.3) is 0 Å². The minimum absolute atomic E-state index is 0.403. The Morgan fingerprint density at radius 3 is 2.27 bits per heavy atom. The molecule has 178 valence electrons. The van der Waals surface area contributed by atoms with E-state index in [1.54, 1.807) is 45.9 Å². The van der Waals surface area contributed by atoms with Gasteiger partial charge in [-0.15, -0.1) is 0 Å². The first kappa shape index (κ1) is 26.2. The first-order chi connectivity index (χ1) is 15.3. The zero-order valence-electron chi connectivity index (χ0n) is 20.2. The summed E-state index contributed by atoms with van der Waals surface area (Å²) >= 11 is 6.30. The number of aryl methyl sites for hydroxylation is 2. The molecule has 2 rings (SSSR count). The number of benzene rings is 2. The molecule has 0 saturated heterocycles. The highest BCUT2D eigenvalue weighted by molar-refractivity contribution is 6.34. The smallest absolute Gasteiger partial charge is 0.408 e. The zero-order valence-corrected chi connectivity index (χ0v) is 20.9. The number of hydrogen-bond acceptors (Lipinski definition) is 4. The van der Waals surface area contributed by atoms with Gasteiger partial charge in [0.15, 0.2) is 0 Å². The van der Waals surface area contributed by atoms with Gasteiger partial charge in [-0.05, 0) is 58.7 Å². The van der Waals surface area contributed by atoms with Crippen LogP contribution in [0.3, 0.4) is 0 Å². The molecule has 0 aliphatic carbocycles. The van der Waals surface area contributed by atoms with Crippen LogP contribution in [0.5, 0.6) is 0 Å². The largest absolute Gasteiger partial charge is 0.444 e. The van der Waals surface area contributed by atoms with Crippen molar-refractivity contribution >= 4 is 35.2 Å². The highest BCUT2D eigenvalue weighted by Gasteiger charge is 2.32. The number of hydrogen-bond donors (Lipinski definition) is 2. The van der Waals surface area contributed by atoms with Crippen molar-refractivity contribution in [1.29, 1.82) is 0 Å². The number of nitrogens with one attached hydrogen (secondary N) is 2. The van der Waals surface area contributed by atoms with Gasteiger partial charge in [0.05, 0.1) is 10.7 Å². The number of ether oxygens (including phenoxy) is 1. The Bertz CT molecular complexity index is 1010. The quantitative estimate of drug-likeness (QED) is 0.617. The van der Waals surface area contributed by atoms with E-state index < -0.39 is 35.6 Å². The lowest BCUT2D eigenvalue weighted by atomic mass is 10.0. The number of anilines is 1. The Hall–Kier alpha value is -3.06. The lowest BCUT2D eigenvalue weighted by Crippen LogP contribution is -2.49. The number of para-hydroxylation sites is 1. The van der Waals surface area contributed by atoms with E-state index in [-0.39, 0.29) is 0 Å². The standard InChI is InChI=1S/C25H32ClN3O4/c1-15-10-8-12-18(14-15)21(22(30)28-20-16(2)11-9-13-19(20)26)29(7)23(31)17(3)27-24(32)33-25(4,5)6/h8-14,17,21H,1-7H3,(H,27,32)(H,28,30). The van der Waals surface area contributed by atoms with Crippen LogP contribution >= 0.6 is 11.6 Å². The maximum atomic E-state index is 13.4. The topological polar surface area (TPSA) is 87.7 Å². The minimum Gasteiger partial charge on any atom is -0.444 e. The maximum absolute atomic E-state index is 13.4. The molecule has 0 spiro atoms. The van der Waals surface area contributed by atoms with Gasteiger partial charge in [-0.25, -0.2) is 4.79 Å². The van der Waals surface area contributed by atoms with Gasteiger partial charge in [0.25, 0.3) is 5.91 Å². The third-order valence-corrected chi connectivity index (χ3v) is 5.23. The molecule has 0 fully saturated rings. The van der Waals surface area contributed by atoms with Crippen molar-refractivity contribution in [2.45, 2.75) is 59.2 Å². The molecule has 3 amide bonds. The number of carbonyl (C=O) groups is 3. The van der Waals surface area contributed by atoms with Crippen LogP contribution in [0.1, 0.15) is 50.4 Å². The second kappa shape index (κ2) is 10.7. The van der Waals surface area contributed by atoms with E-state index in [0.29, 0.717) is 16.3 Å². The van der Waals surface area contributed by atoms with Crippen molar-refractivity contribution in [3.05, 3.63) is 64.2 Å². The number of alkyl carbamates (subject to hydrolysis) is 1. The normalized spacial score (nSPS) is 13.0. The van der Waals surface area contributed by atoms with E-state index in [2.05, 4.69) is 10.6 Å². The molecular formula is C25H32ClN3O4. The summed E-state index contributed by atoms with van der Waals surface area (Å²) in [7, 11) is 1.53. The fourth-order valence-corrected chi connectivity index (χ4v) is 3.62. The first-order valence-electron chi connectivity index (χ1n) is 10.7. The molecule has 2 atom stereocenters. The van der Waals surface area contributed by atoms with Gasteiger partial charge < -0.3 is 20.3 Å². The summed E-state index contributed by atoms with van der Waals surface area (Å²) in [5.41, 5.74) is 2.17. The van der Waals surface area contributed by atoms with Crippen LogP contribution in [0, 0.1) is 13.8 Å². The molecule has 0 saturated carbocycles. The molecule has 0 radical (unpaired) electrons. The van der Waals surface area contributed by atoms with Gasteiger partial charge in [-0.1, -0.05) is 53.6 Å². The third-order valence-electron chi connectivity index (χ3n) is 4.91. The van der Waals surface area contributed by atoms with E-state index in [1.807, 2.05) is 38.1 Å². The molecule has 0 aliphatic heterocycles. The van der Waals surface area contributed by atoms with Crippen molar-refractivity contribution < 1.29 is 19.1 Å². The summed E-state index contributed by atoms with van der Waals surface area (Å²) in [6.45, 7) is 10.5. The van der Waals surface area contributed by atoms with E-state index in [1.165, 1.54) is 11.9 Å². The summed E-state index contributed by atoms with van der Waals surface area (Å²) in [4.78, 5) is 40.1. The van der Waals surface area contributed by atoms with Gasteiger partial charge in [-0.2, -0.15) is 0 Å². The van der Waals surface area contributed by atoms with Gasteiger partial charge in [0.1, 0.15) is 17.7 Å². The fraction of sp³-hybridized carbons (Fsp3) is 0.400. The van der Waals surface area contributed by atoms with Crippen molar-refractivity contribution in [2.24, 2.45) is 0 Å². The molecule has 0 aromatic heterocycles. The second-order valence-corrected chi connectivity index (χ2v) is 9.46. The lowest BCUT2D eigenvalue weighted by Gasteiger charge is -2.31. The predicted molar refractivity (Wildman–Crippen MR) is 130 cm³/mol. The van der Waals surface area contributed by atoms with Crippen LogP contribution in [0.4, 0.5) is 10.5 Å². The average Bonchev–Trinajstić information content (AvgIpc) is 2.69. The molecule has 8 heteroatoms. The van der Waals surface area contributed by atoms with Crippen molar-refractivity contribution in [3.63, 3.8) is 0 Å². The van der Waals surface area contributed by atoms with Gasteiger partial charge in [0, 0.05) is 7.05 Å². The SMILES string of the molecule is Cc1cccc(C(C(=O)Nc2c(C)cccc2Cl)N(C)C(=O)C(C)NC(=O)OC(C)(C)C)c1. The molecule has 2 aromatic rings. The number of carbonyl (C=O) groups excluding carboxylic acids is 3. The zero-order chi connectivity index (χ0) is 24.9. The molecule has 0 aliphatic rings. The molecule has 0 bridgehead atoms. The number of rotatable bonds is 6. The highest BCUT2D eigenvalue weighted by Crippen LogP contribution is 2.29. The number of amides is 3. The van der Waals surface area contributed by atoms with Crippen LogP contribution < -0.4 is 10.6 Å². The van der Waals surface area contributed by atoms with Crippen molar-refractivity contribution in [2.75, 3.05) is 12.4 Å². The summed E-state index contributed by atoms with van der Waals surface area (Å²) in [5.74, 6) is -0.865. The maximum Gasteiger partial charge on any atom is 0.408 e. The molecular weight excluding hydrogens is 442 g/mol. The van der Waals surface area contributed by atoms with Gasteiger partial charge in [-0.3, -0.25) is 9.59 Å². The highest BCUT2D eigenvalue weighted by atomic mass is 35.5. The molecule has 2 aromatic carbocycles. The molecule has 33 heavy (non-hydrogen) atoms. The Kier molecular flexibility index (Phi) is 8.50. The number of likely N-dealkylation sites (N-methyl/N-ethyl adjacent to an activating group) is 1. The van der Waals surface area contributed by atoms with E-state index in [0.717, 1.165) is 11.1 Å². The fourth-order valence-electron chi connectivity index (χ4n) is 3.35. The van der Waals surface area contributed by atoms with Crippen LogP contribution in [0.2, 0.25) is 5.02 Å². The molecule has 7 nitrogen and oxygen atoms in total. The van der Waals surface area contributed by atoms with Crippen LogP contribution in [0.15, 0.2) is 42.5 Å². The number of halogens is 1. The minimum atomic E-state index is -0.948. The lowest BCUT2D eigenvalue weighted by molar-refractivity contribution is -0.138. The van der Waals surface area contributed by atoms with E-state index >= 15 is 0 Å². The van der Waals surface area contributed by atoms with Crippen molar-refractivity contribution in [3.8, 4) is 0 Å². The predicted octanol–water partition coefficient (Wildman–Crippen LogP) is 5.01. The monoisotopic (exact) mass is 473 g/mol. The molecule has 2 unspecified atom stereocenters. The summed E-state index contributed by atoms with van der Waals surface area (Å²) in [6, 6.07) is 10.8. The second-order valence-electron chi connectivity index (χ2n) is 9.05. The van der Waals surface area contributed by atoms with Crippen LogP contribution in [-0.4, -0.2) is 41.5 Å². The summed E-state index contributed by atoms with van der Waals surface area (Å²) in [5, 5.41) is 5.81. The van der Waals surface area contributed by atoms with E-state index in [4.69, 9.17) is 16.3 Å². The Balaban J connectivity index is 2.32. The first-order valence-corrected chi connectivity index (χ1v) is 11.1. The Labute approximate surface area is 200 Å². The van der Waals surface area contributed by atoms with Crippen molar-refractivity contribution in [1.82, 2.24) is 10.2 Å². The Morgan fingerprint density at radius 2 is 1.70 bits per heavy atom. The molecule has 2 N–H and O–H groups in total. The summed E-state index contributed by atoms with van der Waals surface area (Å²) in [6.07, 6.45) is -0.708. The van der Waals surface area contributed by atoms with Gasteiger partial charge >= 0.3 is 6.09 Å². The molecule has 0 heterocycles. The average molecular weight is 474 g/mol. The van der Waals surface area contributed by atoms with E-state index in [9.17, 15) is 14.4 Å². The third kappa shape index (κ3) is 7.22. The number of nitrogens with zero attached hydrogens (tertiary/aromatic N) is 1.